The van der Waals surface area contributed by atoms with Gasteiger partial charge in [0.05, 0.1) is 12.2 Å². The fourth-order valence-corrected chi connectivity index (χ4v) is 3.85. The summed E-state index contributed by atoms with van der Waals surface area (Å²) in [5.74, 6) is 1.81. The molecule has 1 amide bonds. The predicted octanol–water partition coefficient (Wildman–Crippen LogP) is 3.42. The Morgan fingerprint density at radius 1 is 1.07 bits per heavy atom. The molecular weight excluding hydrogens is 372 g/mol. The van der Waals surface area contributed by atoms with E-state index in [1.165, 1.54) is 4.90 Å². The van der Waals surface area contributed by atoms with Crippen molar-refractivity contribution < 1.29 is 9.53 Å². The highest BCUT2D eigenvalue weighted by Crippen LogP contribution is 2.23. The molecule has 6 nitrogen and oxygen atoms in total. The number of hydrogen-bond acceptors (Lipinski definition) is 5. The van der Waals surface area contributed by atoms with E-state index in [-0.39, 0.29) is 11.9 Å². The lowest BCUT2D eigenvalue weighted by molar-refractivity contribution is -0.136. The maximum Gasteiger partial charge on any atom is 0.223 e. The second kappa shape index (κ2) is 8.93. The van der Waals surface area contributed by atoms with Crippen molar-refractivity contribution in [3.05, 3.63) is 72.6 Å². The van der Waals surface area contributed by atoms with Crippen LogP contribution >= 0.6 is 11.8 Å². The second-order valence-corrected chi connectivity index (χ2v) is 7.82. The minimum Gasteiger partial charge on any atom is -0.487 e. The highest BCUT2D eigenvalue weighted by atomic mass is 32.2. The van der Waals surface area contributed by atoms with E-state index in [9.17, 15) is 4.79 Å². The molecule has 1 aliphatic rings. The van der Waals surface area contributed by atoms with Gasteiger partial charge in [0.15, 0.2) is 0 Å². The Hall–Kier alpha value is -2.80. The molecule has 0 atom stereocenters. The van der Waals surface area contributed by atoms with Crippen molar-refractivity contribution in [3.63, 3.8) is 0 Å². The number of aromatic nitrogens is 3. The van der Waals surface area contributed by atoms with E-state index in [1.54, 1.807) is 11.8 Å². The molecular formula is C21H22N4O2S. The van der Waals surface area contributed by atoms with Crippen molar-refractivity contribution in [2.75, 3.05) is 18.8 Å². The van der Waals surface area contributed by atoms with Crippen LogP contribution in [0.5, 0.6) is 5.75 Å². The zero-order valence-electron chi connectivity index (χ0n) is 15.5. The maximum absolute atomic E-state index is 12.3. The van der Waals surface area contributed by atoms with Gasteiger partial charge in [0.25, 0.3) is 0 Å². The third-order valence-electron chi connectivity index (χ3n) is 4.60. The van der Waals surface area contributed by atoms with Gasteiger partial charge in [0, 0.05) is 30.2 Å². The molecule has 1 aromatic heterocycles. The largest absolute Gasteiger partial charge is 0.487 e. The Morgan fingerprint density at radius 2 is 1.79 bits per heavy atom. The van der Waals surface area contributed by atoms with Gasteiger partial charge < -0.3 is 9.64 Å². The van der Waals surface area contributed by atoms with E-state index in [0.29, 0.717) is 26.1 Å². The van der Waals surface area contributed by atoms with Gasteiger partial charge >= 0.3 is 0 Å². The Morgan fingerprint density at radius 3 is 2.54 bits per heavy atom. The molecule has 4 rings (SSSR count). The molecule has 0 spiro atoms. The van der Waals surface area contributed by atoms with Gasteiger partial charge in [0.1, 0.15) is 18.1 Å². The van der Waals surface area contributed by atoms with Gasteiger partial charge in [-0.3, -0.25) is 4.79 Å². The Labute approximate surface area is 168 Å². The van der Waals surface area contributed by atoms with E-state index in [4.69, 9.17) is 4.74 Å². The first kappa shape index (κ1) is 18.6. The van der Waals surface area contributed by atoms with Gasteiger partial charge in [-0.1, -0.05) is 41.6 Å². The molecule has 28 heavy (non-hydrogen) atoms. The summed E-state index contributed by atoms with van der Waals surface area (Å²) < 4.78 is 7.53. The van der Waals surface area contributed by atoms with Crippen LogP contribution in [0.3, 0.4) is 0 Å². The molecule has 0 aliphatic carbocycles. The number of thioether (sulfide) groups is 1. The topological polar surface area (TPSA) is 60.2 Å². The SMILES string of the molecule is O=C(CCSc1ccccc1)N1CC(n2cc(COc3ccccc3)nn2)C1. The second-order valence-electron chi connectivity index (χ2n) is 6.66. The summed E-state index contributed by atoms with van der Waals surface area (Å²) in [5, 5.41) is 8.36. The number of hydrogen-bond donors (Lipinski definition) is 0. The minimum absolute atomic E-state index is 0.198. The summed E-state index contributed by atoms with van der Waals surface area (Å²) in [6.07, 6.45) is 2.46. The number of amides is 1. The van der Waals surface area contributed by atoms with E-state index in [0.717, 1.165) is 17.2 Å². The summed E-state index contributed by atoms with van der Waals surface area (Å²) in [6, 6.07) is 20.0. The third-order valence-corrected chi connectivity index (χ3v) is 5.62. The molecule has 1 saturated heterocycles. The molecule has 2 aromatic carbocycles. The first-order valence-corrected chi connectivity index (χ1v) is 10.3. The first-order valence-electron chi connectivity index (χ1n) is 9.32. The molecule has 0 bridgehead atoms. The summed E-state index contributed by atoms with van der Waals surface area (Å²) in [5.41, 5.74) is 0.785. The molecule has 1 fully saturated rings. The Bertz CT molecular complexity index is 895. The van der Waals surface area contributed by atoms with Crippen LogP contribution in [0.1, 0.15) is 18.2 Å². The van der Waals surface area contributed by atoms with Gasteiger partial charge in [-0.2, -0.15) is 0 Å². The summed E-state index contributed by atoms with van der Waals surface area (Å²) in [4.78, 5) is 15.4. The highest BCUT2D eigenvalue weighted by Gasteiger charge is 2.32. The molecule has 0 unspecified atom stereocenters. The van der Waals surface area contributed by atoms with Crippen molar-refractivity contribution in [1.29, 1.82) is 0 Å². The number of carbonyl (C=O) groups is 1. The number of carbonyl (C=O) groups excluding carboxylic acids is 1. The first-order chi connectivity index (χ1) is 13.8. The fourth-order valence-electron chi connectivity index (χ4n) is 2.99. The van der Waals surface area contributed by atoms with Crippen molar-refractivity contribution in [2.24, 2.45) is 0 Å². The quantitative estimate of drug-likeness (QED) is 0.548. The number of ether oxygens (including phenoxy) is 1. The lowest BCUT2D eigenvalue weighted by atomic mass is 10.1. The van der Waals surface area contributed by atoms with Crippen LogP contribution < -0.4 is 4.74 Å². The van der Waals surface area contributed by atoms with Crippen LogP contribution in [0, 0.1) is 0 Å². The third kappa shape index (κ3) is 4.72. The molecule has 0 radical (unpaired) electrons. The van der Waals surface area contributed by atoms with E-state index in [1.807, 2.05) is 64.3 Å². The molecule has 1 aliphatic heterocycles. The summed E-state index contributed by atoms with van der Waals surface area (Å²) in [7, 11) is 0. The number of rotatable bonds is 8. The number of nitrogens with zero attached hydrogens (tertiary/aromatic N) is 4. The Kier molecular flexibility index (Phi) is 5.92. The molecule has 2 heterocycles. The van der Waals surface area contributed by atoms with Crippen molar-refractivity contribution >= 4 is 17.7 Å². The standard InChI is InChI=1S/C21H22N4O2S/c26-21(11-12-28-20-9-5-2-6-10-20)24-14-18(15-24)25-13-17(22-23-25)16-27-19-7-3-1-4-8-19/h1-10,13,18H,11-12,14-16H2. The van der Waals surface area contributed by atoms with E-state index < -0.39 is 0 Å². The molecule has 7 heteroatoms. The van der Waals surface area contributed by atoms with Crippen LogP contribution in [0.4, 0.5) is 0 Å². The monoisotopic (exact) mass is 394 g/mol. The van der Waals surface area contributed by atoms with Crippen LogP contribution in [0.2, 0.25) is 0 Å². The van der Waals surface area contributed by atoms with Crippen molar-refractivity contribution in [2.45, 2.75) is 24.0 Å². The summed E-state index contributed by atoms with van der Waals surface area (Å²) in [6.45, 7) is 1.77. The average Bonchev–Trinajstić information content (AvgIpc) is 3.15. The number of likely N-dealkylation sites (tertiary alicyclic amines) is 1. The summed E-state index contributed by atoms with van der Waals surface area (Å²) >= 11 is 1.72. The normalized spacial score (nSPS) is 13.9. The minimum atomic E-state index is 0.198. The average molecular weight is 395 g/mol. The van der Waals surface area contributed by atoms with Crippen LogP contribution in [-0.4, -0.2) is 44.6 Å². The number of benzene rings is 2. The Balaban J connectivity index is 1.18. The van der Waals surface area contributed by atoms with E-state index >= 15 is 0 Å². The molecule has 3 aromatic rings. The van der Waals surface area contributed by atoms with Gasteiger partial charge in [-0.15, -0.1) is 16.9 Å². The molecule has 0 N–H and O–H groups in total. The predicted molar refractivity (Wildman–Crippen MR) is 108 cm³/mol. The lowest BCUT2D eigenvalue weighted by Gasteiger charge is -2.38. The van der Waals surface area contributed by atoms with Crippen LogP contribution in [0.25, 0.3) is 0 Å². The zero-order chi connectivity index (χ0) is 19.2. The fraction of sp³-hybridized carbons (Fsp3) is 0.286. The zero-order valence-corrected chi connectivity index (χ0v) is 16.3. The maximum atomic E-state index is 12.3. The van der Waals surface area contributed by atoms with Gasteiger partial charge in [0.2, 0.25) is 5.91 Å². The smallest absolute Gasteiger partial charge is 0.223 e. The van der Waals surface area contributed by atoms with E-state index in [2.05, 4.69) is 22.4 Å². The van der Waals surface area contributed by atoms with Crippen molar-refractivity contribution in [1.82, 2.24) is 19.9 Å². The van der Waals surface area contributed by atoms with Gasteiger partial charge in [-0.05, 0) is 24.3 Å². The van der Waals surface area contributed by atoms with Crippen molar-refractivity contribution in [3.8, 4) is 5.75 Å². The number of para-hydroxylation sites is 1. The van der Waals surface area contributed by atoms with Crippen LogP contribution in [0.15, 0.2) is 71.8 Å². The highest BCUT2D eigenvalue weighted by molar-refractivity contribution is 7.99. The molecule has 0 saturated carbocycles. The van der Waals surface area contributed by atoms with Gasteiger partial charge in [-0.25, -0.2) is 4.68 Å². The molecule has 144 valence electrons. The lowest BCUT2D eigenvalue weighted by Crippen LogP contribution is -2.51. The van der Waals surface area contributed by atoms with Crippen LogP contribution in [-0.2, 0) is 11.4 Å².